The monoisotopic (exact) mass is 387 g/mol. The van der Waals surface area contributed by atoms with Gasteiger partial charge < -0.3 is 9.30 Å². The Labute approximate surface area is 170 Å². The average Bonchev–Trinajstić information content (AvgIpc) is 3.14. The summed E-state index contributed by atoms with van der Waals surface area (Å²) in [6.45, 7) is 4.87. The number of benzene rings is 2. The number of hydrogen-bond donors (Lipinski definition) is 1. The largest absolute Gasteiger partial charge is 0.497 e. The fourth-order valence-electron chi connectivity index (χ4n) is 3.61. The lowest BCUT2D eigenvalue weighted by Crippen LogP contribution is -2.31. The second-order valence-electron chi connectivity index (χ2n) is 7.27. The lowest BCUT2D eigenvalue weighted by Gasteiger charge is -2.18. The van der Waals surface area contributed by atoms with Crippen LogP contribution in [0.1, 0.15) is 25.5 Å². The minimum absolute atomic E-state index is 0.229. The van der Waals surface area contributed by atoms with Gasteiger partial charge in [-0.3, -0.25) is 5.01 Å². The number of hydrazine groups is 1. The molecule has 0 aliphatic heterocycles. The summed E-state index contributed by atoms with van der Waals surface area (Å²) < 4.78 is 7.52. The Balaban J connectivity index is 1.81. The molecule has 2 heterocycles. The van der Waals surface area contributed by atoms with Gasteiger partial charge in [-0.25, -0.2) is 15.8 Å². The summed E-state index contributed by atoms with van der Waals surface area (Å²) in [7, 11) is 1.67. The van der Waals surface area contributed by atoms with Crippen molar-refractivity contribution in [2.75, 3.05) is 12.1 Å². The van der Waals surface area contributed by atoms with Gasteiger partial charge in [-0.15, -0.1) is 0 Å². The Hall–Kier alpha value is -3.38. The Bertz CT molecular complexity index is 1100. The van der Waals surface area contributed by atoms with Gasteiger partial charge in [0.05, 0.1) is 24.7 Å². The van der Waals surface area contributed by atoms with E-state index in [4.69, 9.17) is 10.6 Å². The predicted molar refractivity (Wildman–Crippen MR) is 117 cm³/mol. The second-order valence-corrected chi connectivity index (χ2v) is 7.27. The Kier molecular flexibility index (Phi) is 5.18. The number of anilines is 1. The molecule has 0 bridgehead atoms. The normalized spacial score (nSPS) is 11.2. The third-order valence-electron chi connectivity index (χ3n) is 4.98. The third-order valence-corrected chi connectivity index (χ3v) is 4.98. The van der Waals surface area contributed by atoms with Crippen LogP contribution in [0.5, 0.6) is 5.75 Å². The van der Waals surface area contributed by atoms with Crippen molar-refractivity contribution in [3.63, 3.8) is 0 Å². The number of ether oxygens (including phenoxy) is 1. The van der Waals surface area contributed by atoms with Crippen LogP contribution in [0.4, 0.5) is 5.82 Å². The van der Waals surface area contributed by atoms with E-state index >= 15 is 0 Å². The fourth-order valence-corrected chi connectivity index (χ4v) is 3.61. The molecule has 6 heteroatoms. The van der Waals surface area contributed by atoms with Gasteiger partial charge in [-0.1, -0.05) is 30.3 Å². The molecule has 2 N–H and O–H groups in total. The van der Waals surface area contributed by atoms with Gasteiger partial charge in [-0.2, -0.15) is 0 Å². The average molecular weight is 387 g/mol. The second kappa shape index (κ2) is 7.93. The molecule has 0 aliphatic carbocycles. The van der Waals surface area contributed by atoms with Gasteiger partial charge in [0, 0.05) is 6.04 Å². The molecule has 0 unspecified atom stereocenters. The lowest BCUT2D eigenvalue weighted by atomic mass is 10.1. The van der Waals surface area contributed by atoms with E-state index in [9.17, 15) is 0 Å². The first kappa shape index (κ1) is 19.0. The Morgan fingerprint density at radius 1 is 1.03 bits per heavy atom. The maximum atomic E-state index is 6.42. The summed E-state index contributed by atoms with van der Waals surface area (Å²) in [5, 5.41) is 2.62. The van der Waals surface area contributed by atoms with E-state index in [0.717, 1.165) is 33.6 Å². The topological polar surface area (TPSA) is 69.2 Å². The zero-order chi connectivity index (χ0) is 20.4. The van der Waals surface area contributed by atoms with Crippen molar-refractivity contribution >= 4 is 16.9 Å². The van der Waals surface area contributed by atoms with Crippen LogP contribution in [-0.2, 0) is 6.54 Å². The van der Waals surface area contributed by atoms with Crippen LogP contribution in [0.3, 0.4) is 0 Å². The number of rotatable bonds is 6. The van der Waals surface area contributed by atoms with Crippen molar-refractivity contribution in [3.8, 4) is 17.0 Å². The quantitative estimate of drug-likeness (QED) is 0.388. The van der Waals surface area contributed by atoms with Crippen LogP contribution in [0.15, 0.2) is 67.0 Å². The molecule has 2 aromatic heterocycles. The molecule has 0 saturated carbocycles. The van der Waals surface area contributed by atoms with Gasteiger partial charge in [0.15, 0.2) is 5.82 Å². The highest BCUT2D eigenvalue weighted by Gasteiger charge is 2.19. The molecule has 0 aliphatic rings. The summed E-state index contributed by atoms with van der Waals surface area (Å²) >= 11 is 0. The SMILES string of the molecule is COc1ccc(-c2cc3c(N(N)Cc4ccccc4)ncnc3n2C(C)C)cc1. The van der Waals surface area contributed by atoms with Crippen LogP contribution in [0.25, 0.3) is 22.3 Å². The number of methoxy groups -OCH3 is 1. The van der Waals surface area contributed by atoms with Crippen molar-refractivity contribution in [3.05, 3.63) is 72.6 Å². The van der Waals surface area contributed by atoms with E-state index < -0.39 is 0 Å². The maximum Gasteiger partial charge on any atom is 0.155 e. The molecular weight excluding hydrogens is 362 g/mol. The summed E-state index contributed by atoms with van der Waals surface area (Å²) in [5.41, 5.74) is 4.17. The number of hydrogen-bond acceptors (Lipinski definition) is 5. The van der Waals surface area contributed by atoms with E-state index in [1.807, 2.05) is 30.3 Å². The Morgan fingerprint density at radius 2 is 1.76 bits per heavy atom. The maximum absolute atomic E-state index is 6.42. The molecular formula is C23H25N5O. The van der Waals surface area contributed by atoms with Gasteiger partial charge in [-0.05, 0) is 55.3 Å². The summed E-state index contributed by atoms with van der Waals surface area (Å²) in [4.78, 5) is 9.07. The van der Waals surface area contributed by atoms with E-state index in [-0.39, 0.29) is 6.04 Å². The van der Waals surface area contributed by atoms with Crippen molar-refractivity contribution in [2.24, 2.45) is 5.84 Å². The van der Waals surface area contributed by atoms with E-state index in [0.29, 0.717) is 12.4 Å². The van der Waals surface area contributed by atoms with Crippen molar-refractivity contribution in [1.29, 1.82) is 0 Å². The standard InChI is InChI=1S/C23H25N5O/c1-16(2)28-21(18-9-11-19(29-3)12-10-18)13-20-22(25-15-26-23(20)28)27(24)14-17-7-5-4-6-8-17/h4-13,15-16H,14,24H2,1-3H3. The number of aromatic nitrogens is 3. The molecule has 2 aromatic carbocycles. The molecule has 148 valence electrons. The van der Waals surface area contributed by atoms with Gasteiger partial charge in [0.1, 0.15) is 17.7 Å². The summed E-state index contributed by atoms with van der Waals surface area (Å²) in [5.74, 6) is 7.97. The zero-order valence-corrected chi connectivity index (χ0v) is 16.9. The molecule has 29 heavy (non-hydrogen) atoms. The molecule has 0 spiro atoms. The lowest BCUT2D eigenvalue weighted by molar-refractivity contribution is 0.415. The van der Waals surface area contributed by atoms with Crippen molar-refractivity contribution in [2.45, 2.75) is 26.4 Å². The first-order valence-corrected chi connectivity index (χ1v) is 9.65. The van der Waals surface area contributed by atoms with E-state index in [1.165, 1.54) is 0 Å². The molecule has 4 aromatic rings. The third kappa shape index (κ3) is 3.67. The first-order chi connectivity index (χ1) is 14.1. The number of fused-ring (bicyclic) bond motifs is 1. The fraction of sp³-hybridized carbons (Fsp3) is 0.217. The minimum atomic E-state index is 0.229. The van der Waals surface area contributed by atoms with Gasteiger partial charge >= 0.3 is 0 Å². The smallest absolute Gasteiger partial charge is 0.155 e. The highest BCUT2D eigenvalue weighted by atomic mass is 16.5. The molecule has 4 rings (SSSR count). The van der Waals surface area contributed by atoms with Crippen molar-refractivity contribution < 1.29 is 4.74 Å². The Morgan fingerprint density at radius 3 is 2.41 bits per heavy atom. The molecule has 0 saturated heterocycles. The highest BCUT2D eigenvalue weighted by Crippen LogP contribution is 2.34. The summed E-state index contributed by atoms with van der Waals surface area (Å²) in [6, 6.07) is 20.5. The zero-order valence-electron chi connectivity index (χ0n) is 16.9. The number of nitrogens with zero attached hydrogens (tertiary/aromatic N) is 4. The van der Waals surface area contributed by atoms with Crippen LogP contribution in [0, 0.1) is 0 Å². The van der Waals surface area contributed by atoms with Gasteiger partial charge in [0.2, 0.25) is 0 Å². The number of nitrogens with two attached hydrogens (primary N) is 1. The highest BCUT2D eigenvalue weighted by molar-refractivity contribution is 5.92. The van der Waals surface area contributed by atoms with Crippen LogP contribution in [-0.4, -0.2) is 21.6 Å². The van der Waals surface area contributed by atoms with Gasteiger partial charge in [0.25, 0.3) is 0 Å². The van der Waals surface area contributed by atoms with Crippen LogP contribution >= 0.6 is 0 Å². The predicted octanol–water partition coefficient (Wildman–Crippen LogP) is 4.57. The summed E-state index contributed by atoms with van der Waals surface area (Å²) in [6.07, 6.45) is 1.58. The molecule has 0 atom stereocenters. The molecule has 0 amide bonds. The van der Waals surface area contributed by atoms with Crippen LogP contribution in [0.2, 0.25) is 0 Å². The van der Waals surface area contributed by atoms with Crippen LogP contribution < -0.4 is 15.6 Å². The molecule has 0 radical (unpaired) electrons. The van der Waals surface area contributed by atoms with E-state index in [2.05, 4.69) is 58.7 Å². The van der Waals surface area contributed by atoms with E-state index in [1.54, 1.807) is 18.4 Å². The molecule has 6 nitrogen and oxygen atoms in total. The van der Waals surface area contributed by atoms with Crippen molar-refractivity contribution in [1.82, 2.24) is 14.5 Å². The first-order valence-electron chi connectivity index (χ1n) is 9.65. The minimum Gasteiger partial charge on any atom is -0.497 e. The molecule has 0 fully saturated rings.